The largest absolute Gasteiger partial charge is 0.366 e. The summed E-state index contributed by atoms with van der Waals surface area (Å²) in [5.74, 6) is -1.25. The van der Waals surface area contributed by atoms with Gasteiger partial charge in [-0.15, -0.1) is 4.99 Å². The summed E-state index contributed by atoms with van der Waals surface area (Å²) in [4.78, 5) is 36.5. The van der Waals surface area contributed by atoms with Gasteiger partial charge in [0.25, 0.3) is 0 Å². The lowest BCUT2D eigenvalue weighted by Gasteiger charge is -2.36. The molecular weight excluding hydrogens is 506 g/mol. The minimum absolute atomic E-state index is 0.0151. The number of nitrogens with one attached hydrogen (secondary N) is 3. The zero-order valence-electron chi connectivity index (χ0n) is 21.8. The first-order chi connectivity index (χ1) is 18.9. The van der Waals surface area contributed by atoms with E-state index in [1.807, 2.05) is 30.2 Å². The zero-order valence-corrected chi connectivity index (χ0v) is 21.8. The molecule has 1 aromatic carbocycles. The number of carbonyl (C=O) groups excluding carboxylic acids is 1. The van der Waals surface area contributed by atoms with Crippen LogP contribution in [0.4, 0.5) is 14.6 Å². The number of nitrogens with zero attached hydrogens (tertiary/aromatic N) is 5. The first-order valence-electron chi connectivity index (χ1n) is 13.4. The molecule has 0 spiro atoms. The van der Waals surface area contributed by atoms with E-state index in [0.29, 0.717) is 57.8 Å². The number of amides is 1. The molecule has 0 radical (unpaired) electrons. The fourth-order valence-corrected chi connectivity index (χ4v) is 5.85. The summed E-state index contributed by atoms with van der Waals surface area (Å²) in [6, 6.07) is 3.47. The van der Waals surface area contributed by atoms with Crippen molar-refractivity contribution in [3.05, 3.63) is 57.7 Å². The van der Waals surface area contributed by atoms with Gasteiger partial charge in [0.15, 0.2) is 11.6 Å². The van der Waals surface area contributed by atoms with Crippen LogP contribution in [0.25, 0.3) is 6.08 Å². The summed E-state index contributed by atoms with van der Waals surface area (Å²) >= 11 is 0. The van der Waals surface area contributed by atoms with Crippen LogP contribution in [-0.2, 0) is 4.79 Å². The Balaban J connectivity index is 1.29. The molecule has 206 valence electrons. The number of halogens is 2. The molecule has 0 bridgehead atoms. The average Bonchev–Trinajstić information content (AvgIpc) is 3.20. The highest BCUT2D eigenvalue weighted by molar-refractivity contribution is 5.89. The van der Waals surface area contributed by atoms with Crippen LogP contribution in [0.3, 0.4) is 0 Å². The van der Waals surface area contributed by atoms with Crippen LogP contribution in [-0.4, -0.2) is 70.0 Å². The molecule has 0 unspecified atom stereocenters. The van der Waals surface area contributed by atoms with Gasteiger partial charge in [-0.25, -0.2) is 13.6 Å². The molecule has 2 fully saturated rings. The van der Waals surface area contributed by atoms with Crippen LogP contribution in [0, 0.1) is 23.1 Å². The Morgan fingerprint density at radius 2 is 2.00 bits per heavy atom. The fourth-order valence-electron chi connectivity index (χ4n) is 5.85. The van der Waals surface area contributed by atoms with E-state index >= 15 is 0 Å². The van der Waals surface area contributed by atoms with E-state index in [1.165, 1.54) is 6.07 Å². The molecule has 5 rings (SSSR count). The van der Waals surface area contributed by atoms with Crippen LogP contribution >= 0.6 is 0 Å². The van der Waals surface area contributed by atoms with Crippen molar-refractivity contribution in [1.29, 1.82) is 5.26 Å². The van der Waals surface area contributed by atoms with Crippen molar-refractivity contribution >= 4 is 23.8 Å². The predicted octanol–water partition coefficient (Wildman–Crippen LogP) is 2.75. The van der Waals surface area contributed by atoms with Crippen LogP contribution in [0.2, 0.25) is 0 Å². The smallest absolute Gasteiger partial charge is 0.327 e. The third-order valence-electron chi connectivity index (χ3n) is 7.88. The molecule has 2 aromatic rings. The Labute approximate surface area is 225 Å². The number of likely N-dealkylation sites (tertiary alicyclic amines) is 2. The van der Waals surface area contributed by atoms with E-state index in [1.54, 1.807) is 15.5 Å². The van der Waals surface area contributed by atoms with Crippen LogP contribution in [0.1, 0.15) is 55.8 Å². The molecule has 4 heterocycles. The maximum absolute atomic E-state index is 14.6. The molecule has 1 amide bonds. The fraction of sp³-hybridized carbons (Fsp3) is 0.481. The summed E-state index contributed by atoms with van der Waals surface area (Å²) in [6.45, 7) is 4.29. The normalized spacial score (nSPS) is 22.2. The topological polar surface area (TPSA) is 122 Å². The molecule has 0 saturated carbocycles. The summed E-state index contributed by atoms with van der Waals surface area (Å²) in [6.07, 6.45) is 7.91. The van der Waals surface area contributed by atoms with Gasteiger partial charge in [0.1, 0.15) is 11.9 Å². The van der Waals surface area contributed by atoms with Crippen molar-refractivity contribution in [1.82, 2.24) is 24.7 Å². The first-order valence-corrected chi connectivity index (χ1v) is 13.4. The highest BCUT2D eigenvalue weighted by Gasteiger charge is 2.34. The number of aliphatic imine (C=N–C) groups is 1. The molecule has 3 aliphatic rings. The summed E-state index contributed by atoms with van der Waals surface area (Å²) in [7, 11) is 0. The number of H-pyrrole nitrogens is 1. The maximum Gasteiger partial charge on any atom is 0.327 e. The van der Waals surface area contributed by atoms with Crippen molar-refractivity contribution in [3.8, 4) is 6.19 Å². The van der Waals surface area contributed by atoms with Gasteiger partial charge in [-0.1, -0.05) is 18.2 Å². The predicted molar refractivity (Wildman–Crippen MR) is 143 cm³/mol. The van der Waals surface area contributed by atoms with Gasteiger partial charge in [-0.05, 0) is 50.3 Å². The number of guanidine groups is 1. The summed E-state index contributed by atoms with van der Waals surface area (Å²) in [5, 5.41) is 15.8. The van der Waals surface area contributed by atoms with Gasteiger partial charge < -0.3 is 20.4 Å². The SMILES string of the molecule is CCN1C[C@H](c2cccc(F)c2F)CC[C@@H](N/C(=N/C#N)N2CCC(n3c4c([nH]c3=O)NCC=C4)CC2)C1=O. The molecule has 2 saturated heterocycles. The number of fused-ring (bicyclic) bond motifs is 1. The van der Waals surface area contributed by atoms with Gasteiger partial charge in [0, 0.05) is 44.7 Å². The average molecular weight is 539 g/mol. The molecule has 39 heavy (non-hydrogen) atoms. The monoisotopic (exact) mass is 538 g/mol. The third kappa shape index (κ3) is 5.26. The standard InChI is InChI=1S/C27H32F2N8O2/c1-2-35-15-17(19-5-3-6-20(28)23(19)29)8-9-21(25(35)38)33-26(32-16-30)36-13-10-18(11-14-36)37-22-7-4-12-31-24(22)34-27(37)39/h3-7,17-18,21,31H,2,8-15H2,1H3,(H,32,33)(H,34,39)/t17-,21-/m1/s1. The minimum atomic E-state index is -0.901. The number of rotatable bonds is 4. The van der Waals surface area contributed by atoms with Crippen molar-refractivity contribution in [3.63, 3.8) is 0 Å². The highest BCUT2D eigenvalue weighted by atomic mass is 19.2. The molecular formula is C27H32F2N8O2. The Kier molecular flexibility index (Phi) is 7.67. The summed E-state index contributed by atoms with van der Waals surface area (Å²) < 4.78 is 30.3. The van der Waals surface area contributed by atoms with E-state index in [9.17, 15) is 23.6 Å². The van der Waals surface area contributed by atoms with Crippen LogP contribution in [0.5, 0.6) is 0 Å². The Morgan fingerprint density at radius 3 is 2.74 bits per heavy atom. The van der Waals surface area contributed by atoms with Crippen molar-refractivity contribution < 1.29 is 13.6 Å². The molecule has 1 aromatic heterocycles. The second kappa shape index (κ2) is 11.3. The number of hydrogen-bond donors (Lipinski definition) is 3. The quantitative estimate of drug-likeness (QED) is 0.313. The number of nitriles is 1. The molecule has 10 nitrogen and oxygen atoms in total. The molecule has 3 N–H and O–H groups in total. The lowest BCUT2D eigenvalue weighted by atomic mass is 9.93. The second-order valence-electron chi connectivity index (χ2n) is 10.1. The number of hydrogen-bond acceptors (Lipinski definition) is 5. The van der Waals surface area contributed by atoms with E-state index in [-0.39, 0.29) is 35.7 Å². The number of aromatic amines is 1. The second-order valence-corrected chi connectivity index (χ2v) is 10.1. The maximum atomic E-state index is 14.6. The van der Waals surface area contributed by atoms with Gasteiger partial charge in [-0.2, -0.15) is 5.26 Å². The number of benzene rings is 1. The molecule has 2 atom stereocenters. The third-order valence-corrected chi connectivity index (χ3v) is 7.88. The van der Waals surface area contributed by atoms with Crippen LogP contribution in [0.15, 0.2) is 34.1 Å². The number of imidazole rings is 1. The zero-order chi connectivity index (χ0) is 27.5. The van der Waals surface area contributed by atoms with E-state index in [4.69, 9.17) is 0 Å². The van der Waals surface area contributed by atoms with Crippen molar-refractivity contribution in [2.24, 2.45) is 4.99 Å². The molecule has 0 aliphatic carbocycles. The van der Waals surface area contributed by atoms with Gasteiger partial charge in [0.2, 0.25) is 18.1 Å². The number of carbonyl (C=O) groups is 1. The summed E-state index contributed by atoms with van der Waals surface area (Å²) in [5.41, 5.74) is 0.943. The lowest BCUT2D eigenvalue weighted by molar-refractivity contribution is -0.132. The highest BCUT2D eigenvalue weighted by Crippen LogP contribution is 2.31. The van der Waals surface area contributed by atoms with E-state index < -0.39 is 17.7 Å². The Hall–Kier alpha value is -4.14. The van der Waals surface area contributed by atoms with Gasteiger partial charge >= 0.3 is 5.69 Å². The van der Waals surface area contributed by atoms with E-state index in [0.717, 1.165) is 17.6 Å². The first kappa shape index (κ1) is 26.5. The van der Waals surface area contributed by atoms with Gasteiger partial charge in [-0.3, -0.25) is 14.3 Å². The Bertz CT molecular complexity index is 1380. The van der Waals surface area contributed by atoms with Gasteiger partial charge in [0.05, 0.1) is 5.69 Å². The molecule has 12 heteroatoms. The lowest BCUT2D eigenvalue weighted by Crippen LogP contribution is -2.53. The van der Waals surface area contributed by atoms with Crippen molar-refractivity contribution in [2.45, 2.75) is 50.6 Å². The molecule has 3 aliphatic heterocycles. The van der Waals surface area contributed by atoms with Crippen LogP contribution < -0.4 is 16.3 Å². The number of anilines is 1. The van der Waals surface area contributed by atoms with Crippen molar-refractivity contribution in [2.75, 3.05) is 38.0 Å². The number of piperidine rings is 1. The van der Waals surface area contributed by atoms with E-state index in [2.05, 4.69) is 20.6 Å². The number of aromatic nitrogens is 2. The minimum Gasteiger partial charge on any atom is -0.366 e. The number of likely N-dealkylation sites (N-methyl/N-ethyl adjacent to an activating group) is 1. The Morgan fingerprint density at radius 1 is 1.21 bits per heavy atom.